The highest BCUT2D eigenvalue weighted by atomic mass is 16.5. The van der Waals surface area contributed by atoms with Crippen LogP contribution in [0.15, 0.2) is 6.07 Å². The molecule has 2 N–H and O–H groups in total. The van der Waals surface area contributed by atoms with Crippen LogP contribution in [0.4, 0.5) is 0 Å². The van der Waals surface area contributed by atoms with Gasteiger partial charge >= 0.3 is 0 Å². The molecule has 0 aliphatic heterocycles. The van der Waals surface area contributed by atoms with Crippen molar-refractivity contribution in [1.29, 1.82) is 0 Å². The number of rotatable bonds is 5. The van der Waals surface area contributed by atoms with E-state index in [0.717, 1.165) is 0 Å². The number of nitrogens with one attached hydrogen (secondary N) is 2. The molecule has 0 saturated heterocycles. The van der Waals surface area contributed by atoms with Crippen LogP contribution in [0, 0.1) is 5.41 Å². The van der Waals surface area contributed by atoms with Gasteiger partial charge in [0.25, 0.3) is 5.91 Å². The smallest absolute Gasteiger partial charge is 0.269 e. The highest BCUT2D eigenvalue weighted by Crippen LogP contribution is 2.13. The molecule has 18 heavy (non-hydrogen) atoms. The van der Waals surface area contributed by atoms with Crippen molar-refractivity contribution in [3.05, 3.63) is 11.8 Å². The molecule has 0 spiro atoms. The van der Waals surface area contributed by atoms with Crippen LogP contribution in [0.25, 0.3) is 0 Å². The Bertz CT molecular complexity index is 432. The van der Waals surface area contributed by atoms with Crippen LogP contribution in [0.3, 0.4) is 0 Å². The van der Waals surface area contributed by atoms with Crippen molar-refractivity contribution in [3.8, 4) is 5.88 Å². The molecule has 6 heteroatoms. The number of ether oxygens (including phenoxy) is 1. The van der Waals surface area contributed by atoms with Crippen molar-refractivity contribution in [1.82, 2.24) is 15.5 Å². The number of carbonyl (C=O) groups excluding carboxylic acids is 2. The lowest BCUT2D eigenvalue weighted by Gasteiger charge is -2.16. The fourth-order valence-electron chi connectivity index (χ4n) is 1.16. The van der Waals surface area contributed by atoms with E-state index in [0.29, 0.717) is 12.5 Å². The molecule has 1 heterocycles. The molecule has 1 aromatic heterocycles. The summed E-state index contributed by atoms with van der Waals surface area (Å²) in [7, 11) is 0. The Labute approximate surface area is 106 Å². The molecular weight excluding hydrogens is 234 g/mol. The second-order valence-corrected chi connectivity index (χ2v) is 4.91. The summed E-state index contributed by atoms with van der Waals surface area (Å²) < 4.78 is 5.13. The summed E-state index contributed by atoms with van der Waals surface area (Å²) in [5.74, 6) is -0.0313. The van der Waals surface area contributed by atoms with Gasteiger partial charge in [0, 0.05) is 11.5 Å². The maximum Gasteiger partial charge on any atom is 0.269 e. The summed E-state index contributed by atoms with van der Waals surface area (Å²) in [5, 5.41) is 8.91. The molecule has 100 valence electrons. The molecule has 0 atom stereocenters. The second kappa shape index (κ2) is 5.66. The van der Waals surface area contributed by atoms with Crippen LogP contribution in [-0.2, 0) is 4.79 Å². The summed E-state index contributed by atoms with van der Waals surface area (Å²) >= 11 is 0. The number of hydrogen-bond acceptors (Lipinski definition) is 4. The van der Waals surface area contributed by atoms with Gasteiger partial charge < -0.3 is 10.1 Å². The Morgan fingerprint density at radius 1 is 1.44 bits per heavy atom. The van der Waals surface area contributed by atoms with Crippen molar-refractivity contribution in [2.45, 2.75) is 27.7 Å². The van der Waals surface area contributed by atoms with Crippen LogP contribution in [0.2, 0.25) is 0 Å². The van der Waals surface area contributed by atoms with E-state index in [2.05, 4.69) is 15.5 Å². The first-order chi connectivity index (χ1) is 8.34. The minimum absolute atomic E-state index is 0.00528. The van der Waals surface area contributed by atoms with Gasteiger partial charge in [-0.3, -0.25) is 14.7 Å². The molecular formula is C12H19N3O3. The normalized spacial score (nSPS) is 11.1. The molecule has 1 aromatic rings. The van der Waals surface area contributed by atoms with Gasteiger partial charge in [-0.25, -0.2) is 0 Å². The van der Waals surface area contributed by atoms with Gasteiger partial charge in [0.15, 0.2) is 5.78 Å². The highest BCUT2D eigenvalue weighted by Gasteiger charge is 2.21. The number of ketones is 1. The Morgan fingerprint density at radius 3 is 2.67 bits per heavy atom. The van der Waals surface area contributed by atoms with Gasteiger partial charge in [0.2, 0.25) is 5.88 Å². The van der Waals surface area contributed by atoms with Crippen molar-refractivity contribution in [2.75, 3.05) is 13.2 Å². The Balaban J connectivity index is 2.52. The number of amides is 1. The molecule has 1 amide bonds. The quantitative estimate of drug-likeness (QED) is 0.824. The summed E-state index contributed by atoms with van der Waals surface area (Å²) in [6, 6.07) is 1.50. The molecule has 0 aliphatic carbocycles. The third-order valence-electron chi connectivity index (χ3n) is 2.34. The molecule has 0 fully saturated rings. The van der Waals surface area contributed by atoms with Gasteiger partial charge in [-0.05, 0) is 6.92 Å². The first-order valence-electron chi connectivity index (χ1n) is 5.84. The average Bonchev–Trinajstić information content (AvgIpc) is 2.73. The first kappa shape index (κ1) is 14.2. The standard InChI is InChI=1S/C12H19N3O3/c1-5-18-10-6-8(14-15-10)11(17)13-7-9(16)12(2,3)4/h6H,5,7H2,1-4H3,(H,13,17)(H,14,15). The summed E-state index contributed by atoms with van der Waals surface area (Å²) in [4.78, 5) is 23.3. The van der Waals surface area contributed by atoms with Crippen molar-refractivity contribution < 1.29 is 14.3 Å². The summed E-state index contributed by atoms with van der Waals surface area (Å²) in [5.41, 5.74) is -0.183. The molecule has 0 aliphatic rings. The number of carbonyl (C=O) groups is 2. The van der Waals surface area contributed by atoms with E-state index in [4.69, 9.17) is 4.74 Å². The number of aromatic amines is 1. The summed E-state index contributed by atoms with van der Waals surface area (Å²) in [6.07, 6.45) is 0. The molecule has 6 nitrogen and oxygen atoms in total. The first-order valence-corrected chi connectivity index (χ1v) is 5.84. The Hall–Kier alpha value is -1.85. The number of aromatic nitrogens is 2. The molecule has 1 rings (SSSR count). The van der Waals surface area contributed by atoms with Gasteiger partial charge in [-0.15, -0.1) is 5.10 Å². The third-order valence-corrected chi connectivity index (χ3v) is 2.34. The van der Waals surface area contributed by atoms with Crippen molar-refractivity contribution in [2.24, 2.45) is 5.41 Å². The second-order valence-electron chi connectivity index (χ2n) is 4.91. The van der Waals surface area contributed by atoms with Crippen LogP contribution >= 0.6 is 0 Å². The predicted octanol–water partition coefficient (Wildman–Crippen LogP) is 1.15. The number of Topliss-reactive ketones (excluding diaryl/α,β-unsaturated/α-hetero) is 1. The number of H-pyrrole nitrogens is 1. The lowest BCUT2D eigenvalue weighted by atomic mass is 9.91. The van der Waals surface area contributed by atoms with Crippen LogP contribution in [0.1, 0.15) is 38.2 Å². The Kier molecular flexibility index (Phi) is 4.47. The van der Waals surface area contributed by atoms with Crippen molar-refractivity contribution in [3.63, 3.8) is 0 Å². The van der Waals surface area contributed by atoms with E-state index in [1.807, 2.05) is 27.7 Å². The zero-order valence-electron chi connectivity index (χ0n) is 11.2. The summed E-state index contributed by atoms with van der Waals surface area (Å²) in [6.45, 7) is 7.75. The van der Waals surface area contributed by atoms with Gasteiger partial charge in [-0.1, -0.05) is 20.8 Å². The van der Waals surface area contributed by atoms with E-state index in [1.54, 1.807) is 0 Å². The largest absolute Gasteiger partial charge is 0.477 e. The fraction of sp³-hybridized carbons (Fsp3) is 0.583. The lowest BCUT2D eigenvalue weighted by molar-refractivity contribution is -0.125. The average molecular weight is 253 g/mol. The van der Waals surface area contributed by atoms with Gasteiger partial charge in [-0.2, -0.15) is 0 Å². The molecule has 0 aromatic carbocycles. The third kappa shape index (κ3) is 3.87. The lowest BCUT2D eigenvalue weighted by Crippen LogP contribution is -2.35. The maximum absolute atomic E-state index is 11.7. The minimum Gasteiger partial charge on any atom is -0.477 e. The molecule has 0 bridgehead atoms. The Morgan fingerprint density at radius 2 is 2.11 bits per heavy atom. The maximum atomic E-state index is 11.7. The zero-order valence-corrected chi connectivity index (χ0v) is 11.2. The van der Waals surface area contributed by atoms with Crippen LogP contribution < -0.4 is 10.1 Å². The van der Waals surface area contributed by atoms with E-state index in [-0.39, 0.29) is 23.9 Å². The highest BCUT2D eigenvalue weighted by molar-refractivity contribution is 5.96. The topological polar surface area (TPSA) is 84.1 Å². The number of hydrogen-bond donors (Lipinski definition) is 2. The minimum atomic E-state index is -0.461. The van der Waals surface area contributed by atoms with Crippen LogP contribution in [0.5, 0.6) is 5.88 Å². The van der Waals surface area contributed by atoms with E-state index >= 15 is 0 Å². The molecule has 0 radical (unpaired) electrons. The van der Waals surface area contributed by atoms with Gasteiger partial charge in [0.05, 0.1) is 13.2 Å². The molecule has 0 saturated carbocycles. The fourth-order valence-corrected chi connectivity index (χ4v) is 1.16. The van der Waals surface area contributed by atoms with E-state index < -0.39 is 5.41 Å². The predicted molar refractivity (Wildman–Crippen MR) is 66.6 cm³/mol. The number of nitrogens with zero attached hydrogens (tertiary/aromatic N) is 1. The van der Waals surface area contributed by atoms with E-state index in [1.165, 1.54) is 6.07 Å². The van der Waals surface area contributed by atoms with E-state index in [9.17, 15) is 9.59 Å². The molecule has 0 unspecified atom stereocenters. The van der Waals surface area contributed by atoms with Crippen molar-refractivity contribution >= 4 is 11.7 Å². The zero-order chi connectivity index (χ0) is 13.8. The van der Waals surface area contributed by atoms with Gasteiger partial charge in [0.1, 0.15) is 5.69 Å². The van der Waals surface area contributed by atoms with Crippen LogP contribution in [-0.4, -0.2) is 35.0 Å². The monoisotopic (exact) mass is 253 g/mol. The SMILES string of the molecule is CCOc1cc(C(=O)NCC(=O)C(C)(C)C)[nH]n1.